The van der Waals surface area contributed by atoms with E-state index in [0.717, 1.165) is 5.56 Å². The van der Waals surface area contributed by atoms with E-state index in [9.17, 15) is 9.90 Å². The van der Waals surface area contributed by atoms with Gasteiger partial charge in [-0.1, -0.05) is 29.8 Å². The number of carbonyl (C=O) groups excluding carboxylic acids is 1. The van der Waals surface area contributed by atoms with Crippen LogP contribution in [-0.4, -0.2) is 36.6 Å². The molecule has 0 saturated carbocycles. The van der Waals surface area contributed by atoms with Crippen molar-refractivity contribution in [1.29, 1.82) is 0 Å². The first-order chi connectivity index (χ1) is 10.9. The molecule has 0 aromatic heterocycles. The van der Waals surface area contributed by atoms with E-state index in [-0.39, 0.29) is 12.5 Å². The number of nitrogens with zero attached hydrogens (tertiary/aromatic N) is 1. The molecule has 4 nitrogen and oxygen atoms in total. The van der Waals surface area contributed by atoms with Gasteiger partial charge in [0, 0.05) is 24.7 Å². The van der Waals surface area contributed by atoms with Crippen molar-refractivity contribution in [2.24, 2.45) is 0 Å². The number of hydrogen-bond acceptors (Lipinski definition) is 3. The van der Waals surface area contributed by atoms with Gasteiger partial charge in [0.05, 0.1) is 0 Å². The third-order valence-electron chi connectivity index (χ3n) is 3.47. The standard InChI is InChI=1S/C18H20ClNO3/c1-12-7-8-14(18(22)20(2)3)10-17(12)23-11-16(21)13-5-4-6-15(19)9-13/h4-10,16,21H,11H2,1-3H3. The third kappa shape index (κ3) is 4.47. The quantitative estimate of drug-likeness (QED) is 0.911. The van der Waals surface area contributed by atoms with Crippen LogP contribution in [0.2, 0.25) is 5.02 Å². The third-order valence-corrected chi connectivity index (χ3v) is 3.71. The average molecular weight is 334 g/mol. The lowest BCUT2D eigenvalue weighted by atomic mass is 10.1. The molecule has 23 heavy (non-hydrogen) atoms. The highest BCUT2D eigenvalue weighted by molar-refractivity contribution is 6.30. The summed E-state index contributed by atoms with van der Waals surface area (Å²) in [5.74, 6) is 0.490. The number of amides is 1. The van der Waals surface area contributed by atoms with Crippen molar-refractivity contribution in [3.63, 3.8) is 0 Å². The first-order valence-corrected chi connectivity index (χ1v) is 7.65. The van der Waals surface area contributed by atoms with Crippen LogP contribution in [0, 0.1) is 6.92 Å². The first-order valence-electron chi connectivity index (χ1n) is 7.27. The number of hydrogen-bond donors (Lipinski definition) is 1. The number of aliphatic hydroxyl groups excluding tert-OH is 1. The van der Waals surface area contributed by atoms with Crippen LogP contribution in [0.5, 0.6) is 5.75 Å². The Hall–Kier alpha value is -2.04. The van der Waals surface area contributed by atoms with Gasteiger partial charge in [0.1, 0.15) is 18.5 Å². The first kappa shape index (κ1) is 17.3. The van der Waals surface area contributed by atoms with E-state index in [1.54, 1.807) is 50.5 Å². The Morgan fingerprint density at radius 2 is 2.00 bits per heavy atom. The van der Waals surface area contributed by atoms with Gasteiger partial charge in [-0.15, -0.1) is 0 Å². The zero-order chi connectivity index (χ0) is 17.0. The molecule has 0 aliphatic carbocycles. The molecule has 0 saturated heterocycles. The fourth-order valence-electron chi connectivity index (χ4n) is 2.13. The summed E-state index contributed by atoms with van der Waals surface area (Å²) in [6.07, 6.45) is -0.790. The SMILES string of the molecule is Cc1ccc(C(=O)N(C)C)cc1OCC(O)c1cccc(Cl)c1. The van der Waals surface area contributed by atoms with Crippen LogP contribution in [0.15, 0.2) is 42.5 Å². The summed E-state index contributed by atoms with van der Waals surface area (Å²) in [5, 5.41) is 10.8. The smallest absolute Gasteiger partial charge is 0.253 e. The molecule has 5 heteroatoms. The lowest BCUT2D eigenvalue weighted by molar-refractivity contribution is 0.0826. The second-order valence-electron chi connectivity index (χ2n) is 5.56. The van der Waals surface area contributed by atoms with Gasteiger partial charge in [-0.3, -0.25) is 4.79 Å². The Balaban J connectivity index is 2.10. The van der Waals surface area contributed by atoms with Crippen LogP contribution in [-0.2, 0) is 0 Å². The predicted octanol–water partition coefficient (Wildman–Crippen LogP) is 3.46. The minimum Gasteiger partial charge on any atom is -0.490 e. The fourth-order valence-corrected chi connectivity index (χ4v) is 2.32. The van der Waals surface area contributed by atoms with E-state index >= 15 is 0 Å². The van der Waals surface area contributed by atoms with E-state index in [0.29, 0.717) is 21.9 Å². The van der Waals surface area contributed by atoms with Gasteiger partial charge in [-0.05, 0) is 42.3 Å². The van der Waals surface area contributed by atoms with E-state index in [1.807, 2.05) is 13.0 Å². The molecule has 0 radical (unpaired) electrons. The maximum Gasteiger partial charge on any atom is 0.253 e. The minimum absolute atomic E-state index is 0.0841. The Labute approximate surface area is 141 Å². The average Bonchev–Trinajstić information content (AvgIpc) is 2.53. The minimum atomic E-state index is -0.790. The molecule has 0 aliphatic heterocycles. The van der Waals surface area contributed by atoms with Gasteiger partial charge in [0.15, 0.2) is 0 Å². The number of rotatable bonds is 5. The maximum absolute atomic E-state index is 12.0. The number of carbonyl (C=O) groups is 1. The van der Waals surface area contributed by atoms with E-state index in [2.05, 4.69) is 0 Å². The van der Waals surface area contributed by atoms with Gasteiger partial charge >= 0.3 is 0 Å². The molecule has 1 amide bonds. The van der Waals surface area contributed by atoms with Crippen molar-refractivity contribution in [3.8, 4) is 5.75 Å². The van der Waals surface area contributed by atoms with Crippen molar-refractivity contribution in [2.75, 3.05) is 20.7 Å². The van der Waals surface area contributed by atoms with Gasteiger partial charge in [0.25, 0.3) is 5.91 Å². The number of aliphatic hydroxyl groups is 1. The second kappa shape index (κ2) is 7.49. The summed E-state index contributed by atoms with van der Waals surface area (Å²) >= 11 is 5.92. The summed E-state index contributed by atoms with van der Waals surface area (Å²) in [6, 6.07) is 12.3. The Kier molecular flexibility index (Phi) is 5.64. The van der Waals surface area contributed by atoms with Crippen LogP contribution in [0.25, 0.3) is 0 Å². The number of halogens is 1. The van der Waals surface area contributed by atoms with Gasteiger partial charge in [-0.2, -0.15) is 0 Å². The van der Waals surface area contributed by atoms with Crippen molar-refractivity contribution in [1.82, 2.24) is 4.90 Å². The highest BCUT2D eigenvalue weighted by atomic mass is 35.5. The van der Waals surface area contributed by atoms with Crippen LogP contribution in [0.4, 0.5) is 0 Å². The molecule has 0 heterocycles. The van der Waals surface area contributed by atoms with Crippen molar-refractivity contribution >= 4 is 17.5 Å². The molecule has 0 fully saturated rings. The lowest BCUT2D eigenvalue weighted by Gasteiger charge is -2.16. The predicted molar refractivity (Wildman–Crippen MR) is 91.1 cm³/mol. The zero-order valence-corrected chi connectivity index (χ0v) is 14.2. The monoisotopic (exact) mass is 333 g/mol. The molecule has 122 valence electrons. The molecule has 1 N–H and O–H groups in total. The maximum atomic E-state index is 12.0. The van der Waals surface area contributed by atoms with Gasteiger partial charge in [0.2, 0.25) is 0 Å². The van der Waals surface area contributed by atoms with Crippen molar-refractivity contribution in [2.45, 2.75) is 13.0 Å². The van der Waals surface area contributed by atoms with E-state index < -0.39 is 6.10 Å². The van der Waals surface area contributed by atoms with E-state index in [4.69, 9.17) is 16.3 Å². The molecule has 1 unspecified atom stereocenters. The topological polar surface area (TPSA) is 49.8 Å². The molecule has 2 aromatic rings. The molecule has 2 aromatic carbocycles. The summed E-state index contributed by atoms with van der Waals surface area (Å²) in [4.78, 5) is 13.5. The summed E-state index contributed by atoms with van der Waals surface area (Å²) in [5.41, 5.74) is 2.14. The van der Waals surface area contributed by atoms with E-state index in [1.165, 1.54) is 4.90 Å². The molecule has 2 rings (SSSR count). The Bertz CT molecular complexity index is 700. The van der Waals surface area contributed by atoms with Crippen LogP contribution >= 0.6 is 11.6 Å². The molecule has 0 aliphatic rings. The summed E-state index contributed by atoms with van der Waals surface area (Å²) < 4.78 is 5.70. The van der Waals surface area contributed by atoms with Crippen molar-refractivity contribution < 1.29 is 14.6 Å². The highest BCUT2D eigenvalue weighted by Gasteiger charge is 2.13. The van der Waals surface area contributed by atoms with Crippen LogP contribution in [0.3, 0.4) is 0 Å². The lowest BCUT2D eigenvalue weighted by Crippen LogP contribution is -2.21. The second-order valence-corrected chi connectivity index (χ2v) is 6.00. The number of benzene rings is 2. The van der Waals surface area contributed by atoms with Gasteiger partial charge in [-0.25, -0.2) is 0 Å². The molecular weight excluding hydrogens is 314 g/mol. The molecule has 0 bridgehead atoms. The van der Waals surface area contributed by atoms with Crippen LogP contribution in [0.1, 0.15) is 27.6 Å². The van der Waals surface area contributed by atoms with Crippen LogP contribution < -0.4 is 4.74 Å². The highest BCUT2D eigenvalue weighted by Crippen LogP contribution is 2.23. The molecule has 1 atom stereocenters. The summed E-state index contributed by atoms with van der Waals surface area (Å²) in [6.45, 7) is 1.98. The van der Waals surface area contributed by atoms with Gasteiger partial charge < -0.3 is 14.7 Å². The zero-order valence-electron chi connectivity index (χ0n) is 13.4. The Morgan fingerprint density at radius 3 is 2.65 bits per heavy atom. The number of aryl methyl sites for hydroxylation is 1. The largest absolute Gasteiger partial charge is 0.490 e. The molecular formula is C18H20ClNO3. The Morgan fingerprint density at radius 1 is 1.26 bits per heavy atom. The normalized spacial score (nSPS) is 11.9. The fraction of sp³-hybridized carbons (Fsp3) is 0.278. The molecule has 0 spiro atoms. The van der Waals surface area contributed by atoms with Crippen molar-refractivity contribution in [3.05, 3.63) is 64.2 Å². The number of ether oxygens (including phenoxy) is 1. The summed E-state index contributed by atoms with van der Waals surface area (Å²) in [7, 11) is 3.40.